The van der Waals surface area contributed by atoms with Crippen LogP contribution in [-0.4, -0.2) is 55.0 Å². The molecule has 0 spiro atoms. The molecule has 1 saturated heterocycles. The molecule has 7 nitrogen and oxygen atoms in total. The number of likely N-dealkylation sites (tertiary alicyclic amines) is 1. The zero-order chi connectivity index (χ0) is 16.6. The maximum absolute atomic E-state index is 12.6. The highest BCUT2D eigenvalue weighted by Gasteiger charge is 2.49. The molecule has 8 heteroatoms. The van der Waals surface area contributed by atoms with E-state index in [1.54, 1.807) is 11.2 Å². The van der Waals surface area contributed by atoms with E-state index in [0.29, 0.717) is 17.6 Å². The van der Waals surface area contributed by atoms with E-state index < -0.39 is 12.0 Å². The van der Waals surface area contributed by atoms with Gasteiger partial charge in [0.2, 0.25) is 5.91 Å². The van der Waals surface area contributed by atoms with Crippen LogP contribution in [0.25, 0.3) is 0 Å². The summed E-state index contributed by atoms with van der Waals surface area (Å²) in [5, 5.41) is 18.1. The first-order valence-corrected chi connectivity index (χ1v) is 9.02. The minimum atomic E-state index is -0.872. The first kappa shape index (κ1) is 16.3. The molecule has 2 heterocycles. The monoisotopic (exact) mass is 338 g/mol. The standard InChI is InChI=1S/C15H22N4O3S/c1-9(2)19-8-16-17-15(19)23-7-12(20)18-6-10-4-3-5-11(10)13(18)14(21)22/h8-11,13H,3-7H2,1-2H3,(H,21,22). The Kier molecular flexibility index (Phi) is 4.61. The molecule has 0 bridgehead atoms. The zero-order valence-corrected chi connectivity index (χ0v) is 14.2. The van der Waals surface area contributed by atoms with E-state index in [1.807, 2.05) is 18.4 Å². The SMILES string of the molecule is CC(C)n1cnnc1SCC(=O)N1CC2CCCC2C1C(=O)O. The Balaban J connectivity index is 1.66. The molecule has 0 aromatic carbocycles. The van der Waals surface area contributed by atoms with Crippen molar-refractivity contribution in [3.63, 3.8) is 0 Å². The molecule has 3 atom stereocenters. The Morgan fingerprint density at radius 1 is 1.43 bits per heavy atom. The lowest BCUT2D eigenvalue weighted by Crippen LogP contribution is -2.44. The highest BCUT2D eigenvalue weighted by Crippen LogP contribution is 2.42. The number of hydrogen-bond acceptors (Lipinski definition) is 5. The fourth-order valence-electron chi connectivity index (χ4n) is 3.78. The highest BCUT2D eigenvalue weighted by atomic mass is 32.2. The summed E-state index contributed by atoms with van der Waals surface area (Å²) in [6.45, 7) is 4.63. The van der Waals surface area contributed by atoms with Crippen LogP contribution in [0.3, 0.4) is 0 Å². The lowest BCUT2D eigenvalue weighted by molar-refractivity contribution is -0.148. The van der Waals surface area contributed by atoms with Gasteiger partial charge in [-0.2, -0.15) is 0 Å². The molecular weight excluding hydrogens is 316 g/mol. The predicted molar refractivity (Wildman–Crippen MR) is 85.1 cm³/mol. The second-order valence-electron chi connectivity index (χ2n) is 6.59. The summed E-state index contributed by atoms with van der Waals surface area (Å²) in [7, 11) is 0. The first-order valence-electron chi connectivity index (χ1n) is 8.03. The van der Waals surface area contributed by atoms with Gasteiger partial charge in [-0.15, -0.1) is 10.2 Å². The fraction of sp³-hybridized carbons (Fsp3) is 0.733. The Morgan fingerprint density at radius 3 is 2.91 bits per heavy atom. The molecule has 1 aromatic heterocycles. The van der Waals surface area contributed by atoms with Crippen LogP contribution in [-0.2, 0) is 9.59 Å². The Labute approximate surface area is 139 Å². The Morgan fingerprint density at radius 2 is 2.22 bits per heavy atom. The number of aliphatic carboxylic acids is 1. The van der Waals surface area contributed by atoms with Crippen LogP contribution in [0.15, 0.2) is 11.5 Å². The molecule has 1 amide bonds. The number of carboxylic acid groups (broad SMARTS) is 1. The molecule has 1 N–H and O–H groups in total. The van der Waals surface area contributed by atoms with Crippen molar-refractivity contribution in [2.75, 3.05) is 12.3 Å². The number of hydrogen-bond donors (Lipinski definition) is 1. The Bertz CT molecular complexity index is 603. The van der Waals surface area contributed by atoms with Gasteiger partial charge in [0.25, 0.3) is 0 Å². The smallest absolute Gasteiger partial charge is 0.326 e. The molecule has 1 saturated carbocycles. The number of thioether (sulfide) groups is 1. The van der Waals surface area contributed by atoms with Gasteiger partial charge >= 0.3 is 5.97 Å². The number of carbonyl (C=O) groups excluding carboxylic acids is 1. The summed E-state index contributed by atoms with van der Waals surface area (Å²) in [5.74, 6) is -0.308. The number of aromatic nitrogens is 3. The highest BCUT2D eigenvalue weighted by molar-refractivity contribution is 7.99. The number of nitrogens with zero attached hydrogens (tertiary/aromatic N) is 4. The van der Waals surface area contributed by atoms with Crippen molar-refractivity contribution in [1.82, 2.24) is 19.7 Å². The molecule has 1 aliphatic carbocycles. The largest absolute Gasteiger partial charge is 0.480 e. The van der Waals surface area contributed by atoms with E-state index in [4.69, 9.17) is 0 Å². The maximum atomic E-state index is 12.6. The number of amides is 1. The average Bonchev–Trinajstić information content (AvgIpc) is 3.18. The minimum absolute atomic E-state index is 0.116. The van der Waals surface area contributed by atoms with Gasteiger partial charge in [0, 0.05) is 12.6 Å². The van der Waals surface area contributed by atoms with E-state index in [0.717, 1.165) is 19.3 Å². The molecule has 2 aliphatic rings. The molecule has 23 heavy (non-hydrogen) atoms. The fourth-order valence-corrected chi connectivity index (χ4v) is 4.71. The first-order chi connectivity index (χ1) is 11.0. The van der Waals surface area contributed by atoms with Gasteiger partial charge in [0.15, 0.2) is 5.16 Å². The molecule has 126 valence electrons. The predicted octanol–water partition coefficient (Wildman–Crippen LogP) is 1.66. The van der Waals surface area contributed by atoms with Crippen LogP contribution >= 0.6 is 11.8 Å². The number of fused-ring (bicyclic) bond motifs is 1. The minimum Gasteiger partial charge on any atom is -0.480 e. The van der Waals surface area contributed by atoms with Crippen molar-refractivity contribution < 1.29 is 14.7 Å². The van der Waals surface area contributed by atoms with Crippen LogP contribution in [0.4, 0.5) is 0 Å². The molecule has 3 rings (SSSR count). The van der Waals surface area contributed by atoms with Crippen molar-refractivity contribution in [1.29, 1.82) is 0 Å². The lowest BCUT2D eigenvalue weighted by Gasteiger charge is -2.24. The second-order valence-corrected chi connectivity index (χ2v) is 7.53. The van der Waals surface area contributed by atoms with Crippen molar-refractivity contribution >= 4 is 23.6 Å². The van der Waals surface area contributed by atoms with E-state index in [-0.39, 0.29) is 23.6 Å². The quantitative estimate of drug-likeness (QED) is 0.822. The van der Waals surface area contributed by atoms with Gasteiger partial charge in [-0.1, -0.05) is 18.2 Å². The van der Waals surface area contributed by atoms with Crippen LogP contribution in [0.1, 0.15) is 39.2 Å². The summed E-state index contributed by atoms with van der Waals surface area (Å²) in [4.78, 5) is 25.7. The van der Waals surface area contributed by atoms with E-state index in [1.165, 1.54) is 11.8 Å². The van der Waals surface area contributed by atoms with Gasteiger partial charge in [0.1, 0.15) is 12.4 Å². The normalized spacial score (nSPS) is 26.7. The summed E-state index contributed by atoms with van der Waals surface area (Å²) in [6, 6.07) is -0.431. The molecule has 1 aromatic rings. The molecule has 0 radical (unpaired) electrons. The van der Waals surface area contributed by atoms with Gasteiger partial charge in [-0.3, -0.25) is 4.79 Å². The van der Waals surface area contributed by atoms with Crippen LogP contribution in [0.2, 0.25) is 0 Å². The summed E-state index contributed by atoms with van der Waals surface area (Å²) >= 11 is 1.32. The number of carbonyl (C=O) groups is 2. The van der Waals surface area contributed by atoms with Gasteiger partial charge in [0.05, 0.1) is 5.75 Å². The van der Waals surface area contributed by atoms with Crippen molar-refractivity contribution in [3.8, 4) is 0 Å². The van der Waals surface area contributed by atoms with Crippen LogP contribution < -0.4 is 0 Å². The topological polar surface area (TPSA) is 88.3 Å². The lowest BCUT2D eigenvalue weighted by atomic mass is 9.94. The number of carboxylic acids is 1. The second kappa shape index (κ2) is 6.51. The summed E-state index contributed by atoms with van der Waals surface area (Å²) < 4.78 is 1.91. The van der Waals surface area contributed by atoms with Gasteiger partial charge < -0.3 is 14.6 Å². The van der Waals surface area contributed by atoms with Crippen LogP contribution in [0, 0.1) is 11.8 Å². The van der Waals surface area contributed by atoms with E-state index in [2.05, 4.69) is 10.2 Å². The Hall–Kier alpha value is -1.57. The molecular formula is C15H22N4O3S. The van der Waals surface area contributed by atoms with Crippen molar-refractivity contribution in [2.45, 2.75) is 50.4 Å². The molecule has 3 unspecified atom stereocenters. The third-order valence-corrected chi connectivity index (χ3v) is 5.83. The van der Waals surface area contributed by atoms with E-state index >= 15 is 0 Å². The molecule has 2 fully saturated rings. The molecule has 1 aliphatic heterocycles. The third-order valence-electron chi connectivity index (χ3n) is 4.89. The van der Waals surface area contributed by atoms with Gasteiger partial charge in [-0.25, -0.2) is 4.79 Å². The van der Waals surface area contributed by atoms with Crippen LogP contribution in [0.5, 0.6) is 0 Å². The van der Waals surface area contributed by atoms with E-state index in [9.17, 15) is 14.7 Å². The van der Waals surface area contributed by atoms with Crippen molar-refractivity contribution in [3.05, 3.63) is 6.33 Å². The summed E-state index contributed by atoms with van der Waals surface area (Å²) in [5.41, 5.74) is 0. The van der Waals surface area contributed by atoms with Crippen molar-refractivity contribution in [2.24, 2.45) is 11.8 Å². The third kappa shape index (κ3) is 3.08. The maximum Gasteiger partial charge on any atom is 0.326 e. The van der Waals surface area contributed by atoms with Gasteiger partial charge in [-0.05, 0) is 38.5 Å². The summed E-state index contributed by atoms with van der Waals surface area (Å²) in [6.07, 6.45) is 4.68. The zero-order valence-electron chi connectivity index (χ0n) is 13.4. The number of rotatable bonds is 5. The average molecular weight is 338 g/mol.